The van der Waals surface area contributed by atoms with Gasteiger partial charge in [0.2, 0.25) is 0 Å². The van der Waals surface area contributed by atoms with Crippen molar-refractivity contribution in [3.05, 3.63) is 0 Å². The fourth-order valence-electron chi connectivity index (χ4n) is 2.31. The molecule has 0 aliphatic carbocycles. The van der Waals surface area contributed by atoms with Gasteiger partial charge >= 0.3 is 0 Å². The lowest BCUT2D eigenvalue weighted by Gasteiger charge is -2.40. The van der Waals surface area contributed by atoms with E-state index < -0.39 is 0 Å². The summed E-state index contributed by atoms with van der Waals surface area (Å²) in [7, 11) is 2.20. The Morgan fingerprint density at radius 1 is 1.36 bits per heavy atom. The molecule has 1 aliphatic heterocycles. The lowest BCUT2D eigenvalue weighted by Crippen LogP contribution is -2.52. The predicted molar refractivity (Wildman–Crippen MR) is 59.4 cm³/mol. The first kappa shape index (κ1) is 12.0. The molecule has 84 valence electrons. The summed E-state index contributed by atoms with van der Waals surface area (Å²) in [5, 5.41) is 0. The van der Waals surface area contributed by atoms with E-state index in [1.165, 1.54) is 12.8 Å². The number of hydrogen-bond donors (Lipinski definition) is 1. The van der Waals surface area contributed by atoms with Gasteiger partial charge in [-0.2, -0.15) is 0 Å². The largest absolute Gasteiger partial charge is 0.381 e. The third kappa shape index (κ3) is 2.69. The Hall–Kier alpha value is -0.120. The van der Waals surface area contributed by atoms with Crippen molar-refractivity contribution in [3.8, 4) is 0 Å². The van der Waals surface area contributed by atoms with Crippen LogP contribution in [0.2, 0.25) is 0 Å². The summed E-state index contributed by atoms with van der Waals surface area (Å²) < 4.78 is 5.50. The van der Waals surface area contributed by atoms with E-state index in [0.29, 0.717) is 0 Å². The molecule has 0 aromatic rings. The predicted octanol–water partition coefficient (Wildman–Crippen LogP) is 1.23. The molecule has 0 aromatic carbocycles. The quantitative estimate of drug-likeness (QED) is 0.741. The van der Waals surface area contributed by atoms with E-state index in [1.54, 1.807) is 0 Å². The van der Waals surface area contributed by atoms with Gasteiger partial charge in [0.05, 0.1) is 0 Å². The van der Waals surface area contributed by atoms with Crippen molar-refractivity contribution >= 4 is 0 Å². The van der Waals surface area contributed by atoms with Gasteiger partial charge in [0.1, 0.15) is 0 Å². The van der Waals surface area contributed by atoms with Crippen LogP contribution in [0.5, 0.6) is 0 Å². The summed E-state index contributed by atoms with van der Waals surface area (Å²) in [6, 6.07) is 0. The zero-order valence-electron chi connectivity index (χ0n) is 9.59. The molecule has 0 aromatic heterocycles. The van der Waals surface area contributed by atoms with Crippen molar-refractivity contribution in [2.45, 2.75) is 38.1 Å². The molecule has 1 saturated heterocycles. The first-order valence-electron chi connectivity index (χ1n) is 5.74. The van der Waals surface area contributed by atoms with Gasteiger partial charge in [0.15, 0.2) is 0 Å². The highest BCUT2D eigenvalue weighted by molar-refractivity contribution is 4.91. The van der Waals surface area contributed by atoms with Crippen LogP contribution < -0.4 is 5.73 Å². The van der Waals surface area contributed by atoms with Crippen molar-refractivity contribution in [2.75, 3.05) is 33.4 Å². The molecule has 2 N–H and O–H groups in total. The summed E-state index contributed by atoms with van der Waals surface area (Å²) in [6.45, 7) is 5.88. The minimum absolute atomic E-state index is 0.201. The number of ether oxygens (including phenoxy) is 1. The molecule has 14 heavy (non-hydrogen) atoms. The summed E-state index contributed by atoms with van der Waals surface area (Å²) in [4.78, 5) is 2.43. The molecule has 0 saturated carbocycles. The molecule has 1 aliphatic rings. The standard InChI is InChI=1S/C11H24N2O/c1-3-7-13(2)11(10-12)5-4-8-14-9-6-11/h3-10,12H2,1-2H3. The topological polar surface area (TPSA) is 38.5 Å². The molecule has 1 unspecified atom stereocenters. The van der Waals surface area contributed by atoms with E-state index in [9.17, 15) is 0 Å². The summed E-state index contributed by atoms with van der Waals surface area (Å²) in [6.07, 6.45) is 4.60. The highest BCUT2D eigenvalue weighted by atomic mass is 16.5. The molecule has 1 fully saturated rings. The molecule has 3 nitrogen and oxygen atoms in total. The van der Waals surface area contributed by atoms with Crippen molar-refractivity contribution in [3.63, 3.8) is 0 Å². The van der Waals surface area contributed by atoms with Crippen LogP contribution in [0.1, 0.15) is 32.6 Å². The SMILES string of the molecule is CCCN(C)C1(CN)CCCOCC1. The fourth-order valence-corrected chi connectivity index (χ4v) is 2.31. The van der Waals surface area contributed by atoms with E-state index in [2.05, 4.69) is 18.9 Å². The first-order valence-corrected chi connectivity index (χ1v) is 5.74. The molecule has 1 heterocycles. The number of likely N-dealkylation sites (N-methyl/N-ethyl adjacent to an activating group) is 1. The van der Waals surface area contributed by atoms with Crippen LogP contribution in [-0.2, 0) is 4.74 Å². The highest BCUT2D eigenvalue weighted by Gasteiger charge is 2.33. The normalized spacial score (nSPS) is 29.1. The van der Waals surface area contributed by atoms with Crippen molar-refractivity contribution < 1.29 is 4.74 Å². The van der Waals surface area contributed by atoms with E-state index in [-0.39, 0.29) is 5.54 Å². The van der Waals surface area contributed by atoms with Crippen molar-refractivity contribution in [2.24, 2.45) is 5.73 Å². The Morgan fingerprint density at radius 3 is 2.79 bits per heavy atom. The zero-order chi connectivity index (χ0) is 10.4. The van der Waals surface area contributed by atoms with Crippen LogP contribution in [0, 0.1) is 0 Å². The maximum Gasteiger partial charge on any atom is 0.0484 e. The van der Waals surface area contributed by atoms with Crippen LogP contribution in [0.25, 0.3) is 0 Å². The summed E-state index contributed by atoms with van der Waals surface area (Å²) >= 11 is 0. The Balaban J connectivity index is 2.61. The first-order chi connectivity index (χ1) is 6.75. The Labute approximate surface area is 87.6 Å². The third-order valence-electron chi connectivity index (χ3n) is 3.39. The molecule has 0 amide bonds. The van der Waals surface area contributed by atoms with Gasteiger partial charge in [-0.05, 0) is 39.3 Å². The Bertz CT molecular complexity index is 153. The monoisotopic (exact) mass is 200 g/mol. The van der Waals surface area contributed by atoms with Crippen LogP contribution >= 0.6 is 0 Å². The molecule has 0 bridgehead atoms. The van der Waals surface area contributed by atoms with Gasteiger partial charge in [-0.25, -0.2) is 0 Å². The lowest BCUT2D eigenvalue weighted by atomic mass is 9.89. The molecule has 1 rings (SSSR count). The second-order valence-corrected chi connectivity index (χ2v) is 4.32. The van der Waals surface area contributed by atoms with E-state index in [0.717, 1.165) is 39.1 Å². The molecule has 1 atom stereocenters. The van der Waals surface area contributed by atoms with Crippen LogP contribution in [-0.4, -0.2) is 43.8 Å². The Morgan fingerprint density at radius 2 is 2.14 bits per heavy atom. The lowest BCUT2D eigenvalue weighted by molar-refractivity contribution is 0.0891. The molecular formula is C11H24N2O. The average molecular weight is 200 g/mol. The second-order valence-electron chi connectivity index (χ2n) is 4.32. The minimum atomic E-state index is 0.201. The van der Waals surface area contributed by atoms with Crippen molar-refractivity contribution in [1.29, 1.82) is 0 Å². The van der Waals surface area contributed by atoms with Crippen LogP contribution in [0.15, 0.2) is 0 Å². The second kappa shape index (κ2) is 5.69. The molecular weight excluding hydrogens is 176 g/mol. The molecule has 0 spiro atoms. The van der Waals surface area contributed by atoms with E-state index >= 15 is 0 Å². The third-order valence-corrected chi connectivity index (χ3v) is 3.39. The number of rotatable bonds is 4. The Kier molecular flexibility index (Phi) is 4.85. The zero-order valence-corrected chi connectivity index (χ0v) is 9.59. The molecule has 0 radical (unpaired) electrons. The molecule has 3 heteroatoms. The van der Waals surface area contributed by atoms with Gasteiger partial charge < -0.3 is 10.5 Å². The van der Waals surface area contributed by atoms with Crippen molar-refractivity contribution in [1.82, 2.24) is 4.90 Å². The number of nitrogens with two attached hydrogens (primary N) is 1. The fraction of sp³-hybridized carbons (Fsp3) is 1.00. The van der Waals surface area contributed by atoms with Crippen LogP contribution in [0.3, 0.4) is 0 Å². The maximum atomic E-state index is 5.94. The van der Waals surface area contributed by atoms with E-state index in [1.807, 2.05) is 0 Å². The summed E-state index contributed by atoms with van der Waals surface area (Å²) in [5.41, 5.74) is 6.14. The van der Waals surface area contributed by atoms with Gasteiger partial charge in [0, 0.05) is 25.3 Å². The highest BCUT2D eigenvalue weighted by Crippen LogP contribution is 2.26. The van der Waals surface area contributed by atoms with Crippen LogP contribution in [0.4, 0.5) is 0 Å². The number of hydrogen-bond acceptors (Lipinski definition) is 3. The van der Waals surface area contributed by atoms with Gasteiger partial charge in [0.25, 0.3) is 0 Å². The minimum Gasteiger partial charge on any atom is -0.381 e. The van der Waals surface area contributed by atoms with E-state index in [4.69, 9.17) is 10.5 Å². The van der Waals surface area contributed by atoms with Gasteiger partial charge in [-0.3, -0.25) is 4.90 Å². The van der Waals surface area contributed by atoms with Gasteiger partial charge in [-0.15, -0.1) is 0 Å². The average Bonchev–Trinajstić information content (AvgIpc) is 2.44. The number of nitrogens with zero attached hydrogens (tertiary/aromatic N) is 1. The summed E-state index contributed by atoms with van der Waals surface area (Å²) in [5.74, 6) is 0. The maximum absolute atomic E-state index is 5.94. The smallest absolute Gasteiger partial charge is 0.0484 e. The van der Waals surface area contributed by atoms with Gasteiger partial charge in [-0.1, -0.05) is 6.92 Å².